The smallest absolute Gasteiger partial charge is 0.168 e. The molecule has 0 saturated carbocycles. The Balaban J connectivity index is 1.63. The lowest BCUT2D eigenvalue weighted by Gasteiger charge is -2.24. The second-order valence-electron chi connectivity index (χ2n) is 6.30. The summed E-state index contributed by atoms with van der Waals surface area (Å²) in [6.07, 6.45) is 2.21. The van der Waals surface area contributed by atoms with Crippen LogP contribution in [0.15, 0.2) is 30.6 Å². The van der Waals surface area contributed by atoms with Gasteiger partial charge in [-0.05, 0) is 24.5 Å². The van der Waals surface area contributed by atoms with Crippen LogP contribution in [0.25, 0.3) is 0 Å². The molecule has 0 aliphatic carbocycles. The molecule has 3 rings (SSSR count). The number of methoxy groups -OCH3 is 1. The lowest BCUT2D eigenvalue weighted by molar-refractivity contribution is 0.194. The maximum atomic E-state index is 14.2. The number of aliphatic hydroxyl groups is 1. The minimum atomic E-state index is -0.397. The second-order valence-corrected chi connectivity index (χ2v) is 6.30. The molecule has 1 aliphatic rings. The number of nitrogens with zero attached hydrogens (tertiary/aromatic N) is 3. The van der Waals surface area contributed by atoms with Gasteiger partial charge < -0.3 is 25.8 Å². The summed E-state index contributed by atoms with van der Waals surface area (Å²) in [6.45, 7) is 1.48. The third-order valence-corrected chi connectivity index (χ3v) is 4.57. The predicted molar refractivity (Wildman–Crippen MR) is 98.0 cm³/mol. The number of β-amino-alcohol motifs (C(OH)–C–C–N with tert-alkyl or cyclic N) is 1. The average molecular weight is 361 g/mol. The van der Waals surface area contributed by atoms with Gasteiger partial charge in [-0.25, -0.2) is 14.4 Å². The highest BCUT2D eigenvalue weighted by molar-refractivity contribution is 5.50. The van der Waals surface area contributed by atoms with Gasteiger partial charge in [-0.15, -0.1) is 0 Å². The van der Waals surface area contributed by atoms with Crippen molar-refractivity contribution in [3.63, 3.8) is 0 Å². The van der Waals surface area contributed by atoms with Crippen LogP contribution in [0.4, 0.5) is 16.0 Å². The van der Waals surface area contributed by atoms with Crippen molar-refractivity contribution in [2.45, 2.75) is 25.0 Å². The van der Waals surface area contributed by atoms with Crippen LogP contribution in [0.2, 0.25) is 0 Å². The molecule has 0 spiro atoms. The molecule has 2 heterocycles. The summed E-state index contributed by atoms with van der Waals surface area (Å²) in [6, 6.07) is 7.00. The van der Waals surface area contributed by atoms with E-state index in [1.54, 1.807) is 18.2 Å². The van der Waals surface area contributed by atoms with Crippen LogP contribution in [0.3, 0.4) is 0 Å². The van der Waals surface area contributed by atoms with Crippen LogP contribution in [0, 0.1) is 5.82 Å². The molecule has 1 aromatic carbocycles. The van der Waals surface area contributed by atoms with E-state index in [4.69, 9.17) is 10.5 Å². The van der Waals surface area contributed by atoms with Gasteiger partial charge in [0.2, 0.25) is 0 Å². The first-order valence-corrected chi connectivity index (χ1v) is 8.64. The van der Waals surface area contributed by atoms with E-state index >= 15 is 0 Å². The highest BCUT2D eigenvalue weighted by Crippen LogP contribution is 2.25. The normalized spacial score (nSPS) is 19.6. The Morgan fingerprint density at radius 2 is 2.27 bits per heavy atom. The monoisotopic (exact) mass is 361 g/mol. The van der Waals surface area contributed by atoms with Crippen LogP contribution in [-0.2, 0) is 6.42 Å². The number of nitrogens with two attached hydrogens (primary N) is 1. The fourth-order valence-corrected chi connectivity index (χ4v) is 3.23. The van der Waals surface area contributed by atoms with Crippen LogP contribution >= 0.6 is 0 Å². The van der Waals surface area contributed by atoms with Gasteiger partial charge in [0.15, 0.2) is 11.6 Å². The summed E-state index contributed by atoms with van der Waals surface area (Å²) in [5, 5.41) is 13.1. The number of rotatable bonds is 7. The van der Waals surface area contributed by atoms with Crippen LogP contribution in [0.5, 0.6) is 5.75 Å². The molecular weight excluding hydrogens is 337 g/mol. The van der Waals surface area contributed by atoms with E-state index in [9.17, 15) is 9.50 Å². The molecule has 1 aromatic heterocycles. The lowest BCUT2D eigenvalue weighted by Crippen LogP contribution is -2.36. The van der Waals surface area contributed by atoms with E-state index in [-0.39, 0.29) is 17.6 Å². The molecule has 2 atom stereocenters. The van der Waals surface area contributed by atoms with Gasteiger partial charge in [0.1, 0.15) is 18.0 Å². The van der Waals surface area contributed by atoms with Crippen molar-refractivity contribution in [3.05, 3.63) is 42.0 Å². The highest BCUT2D eigenvalue weighted by atomic mass is 19.1. The summed E-state index contributed by atoms with van der Waals surface area (Å²) < 4.78 is 19.2. The Kier molecular flexibility index (Phi) is 5.85. The second kappa shape index (κ2) is 8.29. The number of hydrogen-bond donors (Lipinski definition) is 3. The van der Waals surface area contributed by atoms with Gasteiger partial charge in [-0.1, -0.05) is 12.1 Å². The summed E-state index contributed by atoms with van der Waals surface area (Å²) in [4.78, 5) is 10.5. The van der Waals surface area contributed by atoms with E-state index in [1.807, 2.05) is 11.0 Å². The van der Waals surface area contributed by atoms with Crippen molar-refractivity contribution >= 4 is 11.6 Å². The first-order valence-electron chi connectivity index (χ1n) is 8.64. The van der Waals surface area contributed by atoms with Gasteiger partial charge in [0, 0.05) is 31.7 Å². The van der Waals surface area contributed by atoms with Crippen molar-refractivity contribution in [2.24, 2.45) is 5.73 Å². The largest absolute Gasteiger partial charge is 0.494 e. The van der Waals surface area contributed by atoms with E-state index in [1.165, 1.54) is 13.4 Å². The number of aromatic nitrogens is 2. The van der Waals surface area contributed by atoms with Gasteiger partial charge >= 0.3 is 0 Å². The Labute approximate surface area is 152 Å². The van der Waals surface area contributed by atoms with E-state index in [0.717, 1.165) is 5.82 Å². The van der Waals surface area contributed by atoms with Gasteiger partial charge in [0.05, 0.1) is 13.2 Å². The van der Waals surface area contributed by atoms with Gasteiger partial charge in [0.25, 0.3) is 0 Å². The number of aliphatic hydroxyl groups excluding tert-OH is 1. The topological polar surface area (TPSA) is 96.5 Å². The maximum Gasteiger partial charge on any atom is 0.168 e. The highest BCUT2D eigenvalue weighted by Gasteiger charge is 2.30. The average Bonchev–Trinajstić information content (AvgIpc) is 3.04. The van der Waals surface area contributed by atoms with Crippen LogP contribution in [-0.4, -0.2) is 54.0 Å². The van der Waals surface area contributed by atoms with Crippen molar-refractivity contribution < 1.29 is 14.2 Å². The molecule has 140 valence electrons. The van der Waals surface area contributed by atoms with Crippen LogP contribution < -0.4 is 20.7 Å². The number of benzene rings is 1. The number of halogens is 1. The zero-order chi connectivity index (χ0) is 18.5. The molecule has 1 saturated heterocycles. The zero-order valence-corrected chi connectivity index (χ0v) is 14.7. The van der Waals surface area contributed by atoms with Gasteiger partial charge in [-0.2, -0.15) is 0 Å². The molecule has 26 heavy (non-hydrogen) atoms. The minimum Gasteiger partial charge on any atom is -0.494 e. The molecule has 0 radical (unpaired) electrons. The molecule has 8 heteroatoms. The Morgan fingerprint density at radius 1 is 1.42 bits per heavy atom. The maximum absolute atomic E-state index is 14.2. The molecule has 7 nitrogen and oxygen atoms in total. The predicted octanol–water partition coefficient (Wildman–Crippen LogP) is 1.18. The molecule has 0 unspecified atom stereocenters. The summed E-state index contributed by atoms with van der Waals surface area (Å²) in [5.74, 6) is 1.28. The SMILES string of the molecule is COc1cccc(CCNc2cc(N3C[C@H](O)C[C@@H]3CN)ncn2)c1F. The summed E-state index contributed by atoms with van der Waals surface area (Å²) in [5.41, 5.74) is 6.37. The first-order chi connectivity index (χ1) is 12.6. The zero-order valence-electron chi connectivity index (χ0n) is 14.7. The molecule has 1 fully saturated rings. The molecular formula is C18H24FN5O2. The Bertz CT molecular complexity index is 745. The Morgan fingerprint density at radius 3 is 3.04 bits per heavy atom. The van der Waals surface area contributed by atoms with Crippen molar-refractivity contribution in [1.29, 1.82) is 0 Å². The number of ether oxygens (including phenoxy) is 1. The number of nitrogens with one attached hydrogen (secondary N) is 1. The van der Waals surface area contributed by atoms with E-state index in [2.05, 4.69) is 15.3 Å². The van der Waals surface area contributed by atoms with Crippen molar-refractivity contribution in [3.8, 4) is 5.75 Å². The lowest BCUT2D eigenvalue weighted by atomic mass is 10.1. The quantitative estimate of drug-likeness (QED) is 0.681. The Hall–Kier alpha value is -2.45. The fourth-order valence-electron chi connectivity index (χ4n) is 3.23. The summed E-state index contributed by atoms with van der Waals surface area (Å²) in [7, 11) is 1.45. The molecule has 0 amide bonds. The first kappa shape index (κ1) is 18.3. The van der Waals surface area contributed by atoms with Crippen molar-refractivity contribution in [1.82, 2.24) is 9.97 Å². The van der Waals surface area contributed by atoms with E-state index in [0.29, 0.717) is 43.9 Å². The standard InChI is InChI=1S/C18H24FN5O2/c1-26-15-4-2-3-12(18(15)19)5-6-21-16-8-17(23-11-22-16)24-10-14(25)7-13(24)9-20/h2-4,8,11,13-14,25H,5-7,9-10,20H2,1H3,(H,21,22,23)/t13-,14-/m1/s1. The molecule has 1 aliphatic heterocycles. The van der Waals surface area contributed by atoms with Crippen LogP contribution in [0.1, 0.15) is 12.0 Å². The minimum absolute atomic E-state index is 0.0682. The fraction of sp³-hybridized carbons (Fsp3) is 0.444. The molecule has 2 aromatic rings. The third kappa shape index (κ3) is 4.03. The molecule has 4 N–H and O–H groups in total. The van der Waals surface area contributed by atoms with Gasteiger partial charge in [-0.3, -0.25) is 0 Å². The van der Waals surface area contributed by atoms with Crippen molar-refractivity contribution in [2.75, 3.05) is 37.0 Å². The number of anilines is 2. The summed E-state index contributed by atoms with van der Waals surface area (Å²) >= 11 is 0. The number of hydrogen-bond acceptors (Lipinski definition) is 7. The molecule has 0 bridgehead atoms. The van der Waals surface area contributed by atoms with E-state index < -0.39 is 6.10 Å². The third-order valence-electron chi connectivity index (χ3n) is 4.57.